The van der Waals surface area contributed by atoms with Crippen LogP contribution >= 0.6 is 23.3 Å². The van der Waals surface area contributed by atoms with Crippen LogP contribution < -0.4 is 14.8 Å². The van der Waals surface area contributed by atoms with E-state index in [0.29, 0.717) is 17.1 Å². The Hall–Kier alpha value is -3.69. The standard InChI is InChI=1S/C36H44N4O3S2/c1-6-7-8-9-10-21-43-29-17-15-26(16-18-29)28-23-37-33(38-24-28)27-13-11-25(12-14-27)22-30(34(41)40-44-5)39-35(42)31-19-20-32(45-31)36(2,3)4/h11-20,23-24,30H,6-10,21-22H2,1-5H3,(H,39,42)(H,40,41). The SMILES string of the molecule is CCCCCCCOc1ccc(-c2cnc(-c3ccc(CC(NC(=O)c4ccc(C(C)(C)C)s4)C(=O)NSC)cc3)nc2)cc1. The summed E-state index contributed by atoms with van der Waals surface area (Å²) in [7, 11) is 0. The molecule has 2 aromatic heterocycles. The van der Waals surface area contributed by atoms with E-state index in [4.69, 9.17) is 4.74 Å². The molecule has 1 atom stereocenters. The minimum absolute atomic E-state index is 0.0433. The molecule has 2 aromatic carbocycles. The summed E-state index contributed by atoms with van der Waals surface area (Å²) in [5, 5.41) is 2.94. The summed E-state index contributed by atoms with van der Waals surface area (Å²) in [4.78, 5) is 36.8. The lowest BCUT2D eigenvalue weighted by Crippen LogP contribution is -2.46. The fourth-order valence-electron chi connectivity index (χ4n) is 4.76. The number of ether oxygens (including phenoxy) is 1. The number of nitrogens with zero attached hydrogens (tertiary/aromatic N) is 2. The van der Waals surface area contributed by atoms with Crippen molar-refractivity contribution in [1.82, 2.24) is 20.0 Å². The summed E-state index contributed by atoms with van der Waals surface area (Å²) < 4.78 is 8.66. The Morgan fingerprint density at radius 1 is 0.867 bits per heavy atom. The molecule has 0 spiro atoms. The molecule has 1 unspecified atom stereocenters. The summed E-state index contributed by atoms with van der Waals surface area (Å²) in [6, 6.07) is 18.9. The van der Waals surface area contributed by atoms with Crippen molar-refractivity contribution < 1.29 is 14.3 Å². The van der Waals surface area contributed by atoms with Crippen LogP contribution in [0, 0.1) is 0 Å². The number of benzene rings is 2. The fraction of sp³-hybridized carbons (Fsp3) is 0.389. The van der Waals surface area contributed by atoms with Crippen molar-refractivity contribution in [2.24, 2.45) is 0 Å². The maximum atomic E-state index is 13.1. The normalized spacial score (nSPS) is 12.0. The second kappa shape index (κ2) is 16.6. The summed E-state index contributed by atoms with van der Waals surface area (Å²) in [5.41, 5.74) is 3.71. The van der Waals surface area contributed by atoms with E-state index < -0.39 is 6.04 Å². The molecule has 0 aliphatic rings. The quantitative estimate of drug-likeness (QED) is 0.100. The molecule has 0 bridgehead atoms. The van der Waals surface area contributed by atoms with E-state index >= 15 is 0 Å². The fourth-order valence-corrected chi connectivity index (χ4v) is 6.07. The topological polar surface area (TPSA) is 93.2 Å². The van der Waals surface area contributed by atoms with Crippen molar-refractivity contribution in [2.45, 2.75) is 77.7 Å². The van der Waals surface area contributed by atoms with E-state index in [9.17, 15) is 9.59 Å². The largest absolute Gasteiger partial charge is 0.494 e. The highest BCUT2D eigenvalue weighted by Crippen LogP contribution is 2.29. The van der Waals surface area contributed by atoms with Crippen molar-refractivity contribution >= 4 is 35.1 Å². The van der Waals surface area contributed by atoms with Gasteiger partial charge in [0, 0.05) is 41.1 Å². The van der Waals surface area contributed by atoms with Gasteiger partial charge in [-0.05, 0) is 47.2 Å². The number of unbranched alkanes of at least 4 members (excludes halogenated alkanes) is 4. The highest BCUT2D eigenvalue weighted by molar-refractivity contribution is 7.97. The van der Waals surface area contributed by atoms with E-state index in [1.807, 2.05) is 73.1 Å². The van der Waals surface area contributed by atoms with Crippen molar-refractivity contribution in [2.75, 3.05) is 12.9 Å². The summed E-state index contributed by atoms with van der Waals surface area (Å²) in [6.07, 6.45) is 11.9. The lowest BCUT2D eigenvalue weighted by atomic mass is 9.95. The van der Waals surface area contributed by atoms with Gasteiger partial charge in [-0.1, -0.05) is 102 Å². The van der Waals surface area contributed by atoms with Gasteiger partial charge in [-0.25, -0.2) is 9.97 Å². The molecule has 0 saturated heterocycles. The molecule has 45 heavy (non-hydrogen) atoms. The Balaban J connectivity index is 1.36. The molecule has 0 aliphatic carbocycles. The summed E-state index contributed by atoms with van der Waals surface area (Å²) in [5.74, 6) is 1.00. The average molecular weight is 645 g/mol. The van der Waals surface area contributed by atoms with E-state index in [1.54, 1.807) is 6.26 Å². The first-order valence-electron chi connectivity index (χ1n) is 15.6. The zero-order chi connectivity index (χ0) is 32.2. The molecule has 2 N–H and O–H groups in total. The van der Waals surface area contributed by atoms with Crippen LogP contribution in [0.15, 0.2) is 73.1 Å². The zero-order valence-corrected chi connectivity index (χ0v) is 28.5. The highest BCUT2D eigenvalue weighted by Gasteiger charge is 2.24. The van der Waals surface area contributed by atoms with Gasteiger partial charge < -0.3 is 10.1 Å². The van der Waals surface area contributed by atoms with Crippen LogP contribution in [0.5, 0.6) is 5.75 Å². The first kappa shape index (κ1) is 34.2. The van der Waals surface area contributed by atoms with Gasteiger partial charge in [0.25, 0.3) is 11.8 Å². The van der Waals surface area contributed by atoms with Crippen LogP contribution in [0.4, 0.5) is 0 Å². The van der Waals surface area contributed by atoms with Crippen molar-refractivity contribution in [3.8, 4) is 28.3 Å². The number of carbonyl (C=O) groups is 2. The Labute approximate surface area is 275 Å². The van der Waals surface area contributed by atoms with Crippen LogP contribution in [0.1, 0.15) is 79.9 Å². The molecule has 0 aliphatic heterocycles. The van der Waals surface area contributed by atoms with Gasteiger partial charge in [-0.2, -0.15) is 0 Å². The van der Waals surface area contributed by atoms with Gasteiger partial charge in [0.05, 0.1) is 11.5 Å². The zero-order valence-electron chi connectivity index (χ0n) is 26.9. The number of hydrogen-bond acceptors (Lipinski definition) is 7. The van der Waals surface area contributed by atoms with Gasteiger partial charge in [0.2, 0.25) is 0 Å². The van der Waals surface area contributed by atoms with E-state index in [1.165, 1.54) is 49.0 Å². The Kier molecular flexibility index (Phi) is 12.6. The number of hydrogen-bond donors (Lipinski definition) is 2. The van der Waals surface area contributed by atoms with Crippen molar-refractivity contribution in [3.63, 3.8) is 0 Å². The van der Waals surface area contributed by atoms with E-state index in [-0.39, 0.29) is 17.2 Å². The van der Waals surface area contributed by atoms with Crippen LogP contribution in [0.2, 0.25) is 0 Å². The lowest BCUT2D eigenvalue weighted by Gasteiger charge is -2.18. The minimum Gasteiger partial charge on any atom is -0.494 e. The molecule has 2 amide bonds. The molecular weight excluding hydrogens is 601 g/mol. The minimum atomic E-state index is -0.714. The lowest BCUT2D eigenvalue weighted by molar-refractivity contribution is -0.121. The highest BCUT2D eigenvalue weighted by atomic mass is 32.2. The maximum absolute atomic E-state index is 13.1. The van der Waals surface area contributed by atoms with E-state index in [0.717, 1.165) is 45.9 Å². The molecule has 9 heteroatoms. The third kappa shape index (κ3) is 10.2. The third-order valence-corrected chi connectivity index (χ3v) is 9.32. The number of carbonyl (C=O) groups excluding carboxylic acids is 2. The van der Waals surface area contributed by atoms with Crippen LogP contribution in [0.3, 0.4) is 0 Å². The molecule has 238 valence electrons. The summed E-state index contributed by atoms with van der Waals surface area (Å²) in [6.45, 7) is 9.31. The van der Waals surface area contributed by atoms with E-state index in [2.05, 4.69) is 47.7 Å². The van der Waals surface area contributed by atoms with Gasteiger partial charge in [-0.15, -0.1) is 11.3 Å². The maximum Gasteiger partial charge on any atom is 0.262 e. The second-order valence-corrected chi connectivity index (χ2v) is 13.8. The summed E-state index contributed by atoms with van der Waals surface area (Å²) >= 11 is 2.67. The first-order chi connectivity index (χ1) is 21.7. The van der Waals surface area contributed by atoms with Gasteiger partial charge in [0.15, 0.2) is 5.82 Å². The van der Waals surface area contributed by atoms with Gasteiger partial charge >= 0.3 is 0 Å². The first-order valence-corrected chi connectivity index (χ1v) is 17.6. The Bertz CT molecular complexity index is 1510. The molecular formula is C36H44N4O3S2. The molecule has 0 radical (unpaired) electrons. The van der Waals surface area contributed by atoms with Crippen LogP contribution in [-0.4, -0.2) is 40.7 Å². The predicted molar refractivity (Wildman–Crippen MR) is 187 cm³/mol. The Morgan fingerprint density at radius 2 is 1.53 bits per heavy atom. The molecule has 0 fully saturated rings. The molecule has 2 heterocycles. The Morgan fingerprint density at radius 3 is 2.16 bits per heavy atom. The number of rotatable bonds is 15. The monoisotopic (exact) mass is 644 g/mol. The average Bonchev–Trinajstić information content (AvgIpc) is 3.55. The smallest absolute Gasteiger partial charge is 0.262 e. The molecule has 4 rings (SSSR count). The van der Waals surface area contributed by atoms with Crippen LogP contribution in [0.25, 0.3) is 22.5 Å². The van der Waals surface area contributed by atoms with Crippen molar-refractivity contribution in [3.05, 3.63) is 88.4 Å². The molecule has 4 aromatic rings. The van der Waals surface area contributed by atoms with Crippen molar-refractivity contribution in [1.29, 1.82) is 0 Å². The molecule has 7 nitrogen and oxygen atoms in total. The number of nitrogens with one attached hydrogen (secondary N) is 2. The third-order valence-electron chi connectivity index (χ3n) is 7.40. The second-order valence-electron chi connectivity index (χ2n) is 12.1. The molecule has 0 saturated carbocycles. The number of amides is 2. The van der Waals surface area contributed by atoms with Gasteiger partial charge in [-0.3, -0.25) is 14.3 Å². The number of thiophene rings is 1. The number of aromatic nitrogens is 2. The van der Waals surface area contributed by atoms with Gasteiger partial charge in [0.1, 0.15) is 11.8 Å². The predicted octanol–water partition coefficient (Wildman–Crippen LogP) is 8.25. The van der Waals surface area contributed by atoms with Crippen LogP contribution in [-0.2, 0) is 16.6 Å².